The van der Waals surface area contributed by atoms with Crippen LogP contribution in [0.5, 0.6) is 0 Å². The summed E-state index contributed by atoms with van der Waals surface area (Å²) in [6.07, 6.45) is 3.81. The van der Waals surface area contributed by atoms with E-state index >= 15 is 0 Å². The van der Waals surface area contributed by atoms with Gasteiger partial charge in [-0.25, -0.2) is 0 Å². The Morgan fingerprint density at radius 1 is 1.29 bits per heavy atom. The second-order valence-corrected chi connectivity index (χ2v) is 5.61. The second-order valence-electron chi connectivity index (χ2n) is 4.52. The summed E-state index contributed by atoms with van der Waals surface area (Å²) in [6, 6.07) is 8.33. The van der Waals surface area contributed by atoms with Crippen molar-refractivity contribution in [2.75, 3.05) is 5.75 Å². The Hall–Kier alpha value is -0.940. The first-order valence-electron chi connectivity index (χ1n) is 6.34. The van der Waals surface area contributed by atoms with Gasteiger partial charge in [-0.2, -0.15) is 5.26 Å². The summed E-state index contributed by atoms with van der Waals surface area (Å²) in [7, 11) is 0. The number of nitrogens with zero attached hydrogens (tertiary/aromatic N) is 1. The molecule has 92 valence electrons. The number of hydrogen-bond donors (Lipinski definition) is 0. The van der Waals surface area contributed by atoms with Gasteiger partial charge in [-0.05, 0) is 43.0 Å². The Kier molecular flexibility index (Phi) is 6.15. The summed E-state index contributed by atoms with van der Waals surface area (Å²) in [5.41, 5.74) is 1.95. The van der Waals surface area contributed by atoms with Crippen LogP contribution in [0.2, 0.25) is 0 Å². The van der Waals surface area contributed by atoms with Gasteiger partial charge in [-0.15, -0.1) is 11.8 Å². The van der Waals surface area contributed by atoms with Gasteiger partial charge in [0.25, 0.3) is 0 Å². The topological polar surface area (TPSA) is 23.8 Å². The van der Waals surface area contributed by atoms with Crippen molar-refractivity contribution in [3.05, 3.63) is 29.3 Å². The third-order valence-electron chi connectivity index (χ3n) is 2.94. The molecular formula is C15H21NS. The molecule has 0 aromatic heterocycles. The Labute approximate surface area is 109 Å². The quantitative estimate of drug-likeness (QED) is 0.675. The van der Waals surface area contributed by atoms with Crippen LogP contribution in [0.25, 0.3) is 0 Å². The van der Waals surface area contributed by atoms with Crippen LogP contribution < -0.4 is 0 Å². The minimum absolute atomic E-state index is 0.774. The van der Waals surface area contributed by atoms with Crippen molar-refractivity contribution < 1.29 is 0 Å². The molecule has 1 aromatic carbocycles. The lowest BCUT2D eigenvalue weighted by atomic mass is 10.0. The molecule has 0 N–H and O–H groups in total. The van der Waals surface area contributed by atoms with Gasteiger partial charge in [0.05, 0.1) is 11.6 Å². The van der Waals surface area contributed by atoms with E-state index in [-0.39, 0.29) is 0 Å². The predicted octanol–water partition coefficient (Wildman–Crippen LogP) is 4.79. The van der Waals surface area contributed by atoms with Crippen LogP contribution >= 0.6 is 11.8 Å². The first-order valence-corrected chi connectivity index (χ1v) is 7.32. The highest BCUT2D eigenvalue weighted by atomic mass is 32.2. The Morgan fingerprint density at radius 2 is 2.06 bits per heavy atom. The number of nitriles is 1. The first-order chi connectivity index (χ1) is 8.19. The van der Waals surface area contributed by atoms with Crippen molar-refractivity contribution in [2.45, 2.75) is 44.9 Å². The zero-order valence-corrected chi connectivity index (χ0v) is 11.8. The average molecular weight is 247 g/mol. The highest BCUT2D eigenvalue weighted by Crippen LogP contribution is 2.26. The van der Waals surface area contributed by atoms with E-state index in [1.807, 2.05) is 30.8 Å². The van der Waals surface area contributed by atoms with Gasteiger partial charge in [0.15, 0.2) is 0 Å². The van der Waals surface area contributed by atoms with Gasteiger partial charge in [0, 0.05) is 10.6 Å². The molecule has 0 saturated heterocycles. The van der Waals surface area contributed by atoms with Gasteiger partial charge in [-0.3, -0.25) is 0 Å². The van der Waals surface area contributed by atoms with Crippen molar-refractivity contribution in [3.8, 4) is 6.07 Å². The fourth-order valence-corrected chi connectivity index (χ4v) is 3.23. The molecular weight excluding hydrogens is 226 g/mol. The van der Waals surface area contributed by atoms with Crippen molar-refractivity contribution in [1.82, 2.24) is 0 Å². The zero-order valence-electron chi connectivity index (χ0n) is 11.0. The molecule has 0 aliphatic heterocycles. The maximum atomic E-state index is 8.94. The van der Waals surface area contributed by atoms with Gasteiger partial charge >= 0.3 is 0 Å². The summed E-state index contributed by atoms with van der Waals surface area (Å²) < 4.78 is 0. The van der Waals surface area contributed by atoms with Crippen LogP contribution in [0.4, 0.5) is 0 Å². The van der Waals surface area contributed by atoms with E-state index in [0.717, 1.165) is 11.5 Å². The molecule has 17 heavy (non-hydrogen) atoms. The summed E-state index contributed by atoms with van der Waals surface area (Å²) in [6.45, 7) is 6.56. The summed E-state index contributed by atoms with van der Waals surface area (Å²) in [5, 5.41) is 8.94. The van der Waals surface area contributed by atoms with E-state index < -0.39 is 0 Å². The smallest absolute Gasteiger partial charge is 0.0992 e. The molecule has 1 aromatic rings. The fraction of sp³-hybridized carbons (Fsp3) is 0.533. The van der Waals surface area contributed by atoms with Gasteiger partial charge in [-0.1, -0.05) is 26.7 Å². The molecule has 0 saturated carbocycles. The lowest BCUT2D eigenvalue weighted by Gasteiger charge is -2.13. The highest BCUT2D eigenvalue weighted by Gasteiger charge is 2.06. The molecule has 1 nitrogen and oxygen atoms in total. The molecule has 1 atom stereocenters. The molecule has 0 bridgehead atoms. The van der Waals surface area contributed by atoms with Crippen LogP contribution in [-0.4, -0.2) is 5.75 Å². The molecule has 0 radical (unpaired) electrons. The molecule has 1 rings (SSSR count). The number of rotatable bonds is 6. The van der Waals surface area contributed by atoms with E-state index in [4.69, 9.17) is 5.26 Å². The first kappa shape index (κ1) is 14.1. The zero-order chi connectivity index (χ0) is 12.7. The molecule has 0 amide bonds. The van der Waals surface area contributed by atoms with Crippen LogP contribution in [0.1, 0.15) is 44.2 Å². The molecule has 0 heterocycles. The minimum Gasteiger partial charge on any atom is -0.192 e. The van der Waals surface area contributed by atoms with Gasteiger partial charge in [0.1, 0.15) is 0 Å². The molecule has 0 fully saturated rings. The second kappa shape index (κ2) is 7.40. The number of hydrogen-bond acceptors (Lipinski definition) is 2. The van der Waals surface area contributed by atoms with Crippen molar-refractivity contribution >= 4 is 11.8 Å². The fourth-order valence-electron chi connectivity index (χ4n) is 1.92. The third-order valence-corrected chi connectivity index (χ3v) is 4.15. The van der Waals surface area contributed by atoms with Gasteiger partial charge < -0.3 is 0 Å². The molecule has 0 spiro atoms. The molecule has 2 heteroatoms. The lowest BCUT2D eigenvalue weighted by molar-refractivity contribution is 0.517. The van der Waals surface area contributed by atoms with E-state index in [2.05, 4.69) is 26.0 Å². The number of benzene rings is 1. The maximum Gasteiger partial charge on any atom is 0.0992 e. The summed E-state index contributed by atoms with van der Waals surface area (Å²) in [5.74, 6) is 1.97. The highest BCUT2D eigenvalue weighted by molar-refractivity contribution is 7.99. The van der Waals surface area contributed by atoms with E-state index in [1.54, 1.807) is 0 Å². The molecule has 0 aliphatic rings. The SMILES string of the molecule is CCCC(CC)CSc1cc(C)cc(C#N)c1. The van der Waals surface area contributed by atoms with E-state index in [9.17, 15) is 0 Å². The normalized spacial score (nSPS) is 12.1. The Balaban J connectivity index is 2.62. The van der Waals surface area contributed by atoms with E-state index in [0.29, 0.717) is 0 Å². The van der Waals surface area contributed by atoms with E-state index in [1.165, 1.54) is 35.5 Å². The summed E-state index contributed by atoms with van der Waals surface area (Å²) in [4.78, 5) is 1.23. The van der Waals surface area contributed by atoms with Gasteiger partial charge in [0.2, 0.25) is 0 Å². The maximum absolute atomic E-state index is 8.94. The van der Waals surface area contributed by atoms with Crippen molar-refractivity contribution in [2.24, 2.45) is 5.92 Å². The standard InChI is InChI=1S/C15H21NS/c1-4-6-13(5-2)11-17-15-8-12(3)7-14(9-15)10-16/h7-9,13H,4-6,11H2,1-3H3. The number of thioether (sulfide) groups is 1. The van der Waals surface area contributed by atoms with Crippen molar-refractivity contribution in [3.63, 3.8) is 0 Å². The predicted molar refractivity (Wildman–Crippen MR) is 75.3 cm³/mol. The average Bonchev–Trinajstić information content (AvgIpc) is 2.33. The summed E-state index contributed by atoms with van der Waals surface area (Å²) >= 11 is 1.89. The monoisotopic (exact) mass is 247 g/mol. The van der Waals surface area contributed by atoms with Crippen LogP contribution in [0.15, 0.2) is 23.1 Å². The van der Waals surface area contributed by atoms with Crippen LogP contribution in [-0.2, 0) is 0 Å². The molecule has 1 unspecified atom stereocenters. The van der Waals surface area contributed by atoms with Crippen LogP contribution in [0, 0.1) is 24.2 Å². The largest absolute Gasteiger partial charge is 0.192 e. The Bertz CT molecular complexity index is 392. The lowest BCUT2D eigenvalue weighted by Crippen LogP contribution is -2.01. The molecule has 0 aliphatic carbocycles. The number of aryl methyl sites for hydroxylation is 1. The Morgan fingerprint density at radius 3 is 2.65 bits per heavy atom. The van der Waals surface area contributed by atoms with Crippen LogP contribution in [0.3, 0.4) is 0 Å². The minimum atomic E-state index is 0.774. The third kappa shape index (κ3) is 4.83. The van der Waals surface area contributed by atoms with Crippen molar-refractivity contribution in [1.29, 1.82) is 5.26 Å².